The number of carboxylic acids is 1. The number of methoxy groups -OCH3 is 1. The summed E-state index contributed by atoms with van der Waals surface area (Å²) in [7, 11) is 1.49. The smallest absolute Gasteiger partial charge is 0.330 e. The number of fused-ring (bicyclic) bond motifs is 7. The minimum absolute atomic E-state index is 0.0133. The van der Waals surface area contributed by atoms with Gasteiger partial charge < -0.3 is 24.8 Å². The molecule has 0 heterocycles. The Hall–Kier alpha value is -2.80. The first kappa shape index (κ1) is 34.1. The van der Waals surface area contributed by atoms with E-state index in [-0.39, 0.29) is 46.5 Å². The number of aromatic hydroxyl groups is 1. The number of phenolic OH excluding ortho intramolecular Hbond substituents is 1. The van der Waals surface area contributed by atoms with Crippen LogP contribution in [0.5, 0.6) is 11.5 Å². The molecule has 0 amide bonds. The Morgan fingerprint density at radius 1 is 0.979 bits per heavy atom. The molecule has 5 aliphatic rings. The van der Waals surface area contributed by atoms with E-state index in [2.05, 4.69) is 47.6 Å². The molecule has 10 atom stereocenters. The Morgan fingerprint density at radius 2 is 1.72 bits per heavy atom. The Balaban J connectivity index is 1.40. The second-order valence-corrected chi connectivity index (χ2v) is 17.1. The van der Waals surface area contributed by atoms with Gasteiger partial charge in [0, 0.05) is 11.5 Å². The first-order valence-electron chi connectivity index (χ1n) is 17.9. The third-order valence-electron chi connectivity index (χ3n) is 15.1. The maximum Gasteiger partial charge on any atom is 0.330 e. The van der Waals surface area contributed by atoms with Gasteiger partial charge in [0.05, 0.1) is 18.6 Å². The van der Waals surface area contributed by atoms with Crippen molar-refractivity contribution in [2.75, 3.05) is 13.7 Å². The van der Waals surface area contributed by atoms with E-state index in [0.29, 0.717) is 48.3 Å². The molecule has 0 aromatic heterocycles. The summed E-state index contributed by atoms with van der Waals surface area (Å²) in [5.41, 5.74) is 0.329. The summed E-state index contributed by atoms with van der Waals surface area (Å²) in [6.07, 6.45) is 12.7. The van der Waals surface area contributed by atoms with Gasteiger partial charge in [-0.05, 0) is 127 Å². The fourth-order valence-corrected chi connectivity index (χ4v) is 12.2. The van der Waals surface area contributed by atoms with Crippen molar-refractivity contribution < 1.29 is 34.4 Å². The van der Waals surface area contributed by atoms with E-state index in [0.717, 1.165) is 38.5 Å². The molecule has 1 aromatic rings. The highest BCUT2D eigenvalue weighted by molar-refractivity contribution is 5.87. The number of aliphatic carboxylic acids is 1. The number of carbonyl (C=O) groups excluding carboxylic acids is 1. The second kappa shape index (κ2) is 11.7. The highest BCUT2D eigenvalue weighted by Gasteiger charge is 2.71. The highest BCUT2D eigenvalue weighted by Crippen LogP contribution is 2.76. The van der Waals surface area contributed by atoms with Crippen molar-refractivity contribution >= 4 is 18.0 Å². The molecule has 0 saturated heterocycles. The molecule has 7 nitrogen and oxygen atoms in total. The van der Waals surface area contributed by atoms with Crippen LogP contribution in [0.2, 0.25) is 0 Å². The third kappa shape index (κ3) is 4.91. The molecular weight excluding hydrogens is 592 g/mol. The number of rotatable bonds is 6. The lowest BCUT2D eigenvalue weighted by molar-refractivity contribution is -0.218. The fourth-order valence-electron chi connectivity index (χ4n) is 12.2. The summed E-state index contributed by atoms with van der Waals surface area (Å²) < 4.78 is 11.5. The zero-order chi connectivity index (χ0) is 34.2. The molecule has 0 bridgehead atoms. The normalized spacial score (nSPS) is 42.3. The molecular formula is C40H56O7. The molecule has 3 N–H and O–H groups in total. The van der Waals surface area contributed by atoms with Crippen LogP contribution in [-0.2, 0) is 14.3 Å². The second-order valence-electron chi connectivity index (χ2n) is 17.1. The number of aliphatic hydroxyl groups excluding tert-OH is 1. The van der Waals surface area contributed by atoms with Crippen LogP contribution in [-0.4, -0.2) is 47.1 Å². The van der Waals surface area contributed by atoms with Gasteiger partial charge in [-0.25, -0.2) is 4.79 Å². The van der Waals surface area contributed by atoms with Crippen LogP contribution in [0.3, 0.4) is 0 Å². The zero-order valence-electron chi connectivity index (χ0n) is 29.5. The van der Waals surface area contributed by atoms with Gasteiger partial charge in [-0.3, -0.25) is 4.79 Å². The average Bonchev–Trinajstić information content (AvgIpc) is 3.03. The molecule has 6 rings (SSSR count). The van der Waals surface area contributed by atoms with E-state index in [1.165, 1.54) is 24.8 Å². The molecule has 10 unspecified atom stereocenters. The van der Waals surface area contributed by atoms with Crippen LogP contribution in [0.4, 0.5) is 0 Å². The number of aliphatic hydroxyl groups is 1. The minimum atomic E-state index is -0.787. The molecule has 4 fully saturated rings. The number of esters is 1. The lowest BCUT2D eigenvalue weighted by atomic mass is 9.33. The quantitative estimate of drug-likeness (QED) is 0.163. The van der Waals surface area contributed by atoms with Gasteiger partial charge >= 0.3 is 11.9 Å². The van der Waals surface area contributed by atoms with E-state index < -0.39 is 22.8 Å². The summed E-state index contributed by atoms with van der Waals surface area (Å²) in [6.45, 7) is 14.1. The third-order valence-corrected chi connectivity index (χ3v) is 15.1. The SMILES string of the molecule is COc1cc(C=CC(=O)OCC23CCC4(C(=O)O)CCC(C)C(C)C4C2=CCC2C4(C)CCC(O)C(C)(C)C4CCC23C)ccc1O. The molecule has 258 valence electrons. The number of phenols is 1. The molecule has 0 spiro atoms. The first-order chi connectivity index (χ1) is 22.1. The number of benzene rings is 1. The van der Waals surface area contributed by atoms with E-state index in [4.69, 9.17) is 9.47 Å². The molecule has 7 heteroatoms. The number of carboxylic acid groups (broad SMARTS) is 1. The van der Waals surface area contributed by atoms with Gasteiger partial charge in [0.2, 0.25) is 0 Å². The van der Waals surface area contributed by atoms with Gasteiger partial charge in [-0.2, -0.15) is 0 Å². The monoisotopic (exact) mass is 648 g/mol. The van der Waals surface area contributed by atoms with Crippen LogP contribution in [0, 0.1) is 56.7 Å². The fraction of sp³-hybridized carbons (Fsp3) is 0.700. The Bertz CT molecular complexity index is 1480. The van der Waals surface area contributed by atoms with E-state index in [9.17, 15) is 24.9 Å². The van der Waals surface area contributed by atoms with Crippen molar-refractivity contribution in [1.29, 1.82) is 0 Å². The van der Waals surface area contributed by atoms with Crippen LogP contribution in [0.15, 0.2) is 35.9 Å². The molecule has 0 aliphatic heterocycles. The molecule has 0 radical (unpaired) electrons. The predicted molar refractivity (Wildman–Crippen MR) is 182 cm³/mol. The van der Waals surface area contributed by atoms with Crippen molar-refractivity contribution in [2.45, 2.75) is 105 Å². The average molecular weight is 649 g/mol. The van der Waals surface area contributed by atoms with Gasteiger partial charge in [-0.1, -0.05) is 59.3 Å². The summed E-state index contributed by atoms with van der Waals surface area (Å²) in [5.74, 6) is 0.499. The summed E-state index contributed by atoms with van der Waals surface area (Å²) in [6, 6.07) is 4.92. The van der Waals surface area contributed by atoms with E-state index in [1.807, 2.05) is 0 Å². The predicted octanol–water partition coefficient (Wildman–Crippen LogP) is 8.04. The zero-order valence-corrected chi connectivity index (χ0v) is 29.5. The van der Waals surface area contributed by atoms with Gasteiger partial charge in [0.15, 0.2) is 11.5 Å². The molecule has 5 aliphatic carbocycles. The molecule has 1 aromatic carbocycles. The Kier molecular flexibility index (Phi) is 8.46. The summed E-state index contributed by atoms with van der Waals surface area (Å²) >= 11 is 0. The van der Waals surface area contributed by atoms with E-state index in [1.54, 1.807) is 18.2 Å². The lowest BCUT2D eigenvalue weighted by Crippen LogP contribution is -2.67. The Morgan fingerprint density at radius 3 is 2.43 bits per heavy atom. The van der Waals surface area contributed by atoms with Crippen LogP contribution in [0.1, 0.15) is 105 Å². The number of allylic oxidation sites excluding steroid dienone is 1. The van der Waals surface area contributed by atoms with Gasteiger partial charge in [-0.15, -0.1) is 0 Å². The van der Waals surface area contributed by atoms with Crippen LogP contribution in [0.25, 0.3) is 6.08 Å². The maximum absolute atomic E-state index is 13.5. The van der Waals surface area contributed by atoms with Crippen molar-refractivity contribution in [3.63, 3.8) is 0 Å². The topological polar surface area (TPSA) is 113 Å². The lowest BCUT2D eigenvalue weighted by Gasteiger charge is -2.71. The summed E-state index contributed by atoms with van der Waals surface area (Å²) in [5, 5.41) is 32.0. The number of hydrogen-bond acceptors (Lipinski definition) is 6. The standard InChI is InChI=1S/C40H56O7/c1-24-14-19-39(35(44)45)20-21-40(23-47-33(43)13-9-26-8-11-28(41)29(22-26)46-7)27(34(39)25(24)2)10-12-31-37(5)17-16-32(42)36(3,4)30(37)15-18-38(31,40)6/h8-11,13,22,24-25,30-32,34,41-42H,12,14-21,23H2,1-7H3,(H,44,45). The van der Waals surface area contributed by atoms with Gasteiger partial charge in [0.1, 0.15) is 6.61 Å². The highest BCUT2D eigenvalue weighted by atomic mass is 16.5. The Labute approximate surface area is 280 Å². The molecule has 4 saturated carbocycles. The summed E-state index contributed by atoms with van der Waals surface area (Å²) in [4.78, 5) is 26.7. The first-order valence-corrected chi connectivity index (χ1v) is 17.9. The largest absolute Gasteiger partial charge is 0.504 e. The van der Waals surface area contributed by atoms with Crippen LogP contribution < -0.4 is 4.74 Å². The minimum Gasteiger partial charge on any atom is -0.504 e. The van der Waals surface area contributed by atoms with E-state index >= 15 is 0 Å². The van der Waals surface area contributed by atoms with Crippen LogP contribution >= 0.6 is 0 Å². The van der Waals surface area contributed by atoms with Crippen molar-refractivity contribution in [1.82, 2.24) is 0 Å². The number of carbonyl (C=O) groups is 2. The number of hydrogen-bond donors (Lipinski definition) is 3. The van der Waals surface area contributed by atoms with Crippen molar-refractivity contribution in [3.05, 3.63) is 41.5 Å². The van der Waals surface area contributed by atoms with Crippen molar-refractivity contribution in [3.8, 4) is 11.5 Å². The van der Waals surface area contributed by atoms with Gasteiger partial charge in [0.25, 0.3) is 0 Å². The number of ether oxygens (including phenoxy) is 2. The molecule has 47 heavy (non-hydrogen) atoms. The maximum atomic E-state index is 13.5. The van der Waals surface area contributed by atoms with Crippen molar-refractivity contribution in [2.24, 2.45) is 56.7 Å².